The van der Waals surface area contributed by atoms with E-state index < -0.39 is 0 Å². The Labute approximate surface area is 179 Å². The summed E-state index contributed by atoms with van der Waals surface area (Å²) in [4.78, 5) is 24.9. The molecule has 0 saturated heterocycles. The van der Waals surface area contributed by atoms with Crippen LogP contribution < -0.4 is 25.0 Å². The third kappa shape index (κ3) is 5.17. The number of benzene rings is 2. The molecule has 0 radical (unpaired) electrons. The van der Waals surface area contributed by atoms with Gasteiger partial charge >= 0.3 is 0 Å². The van der Waals surface area contributed by atoms with Gasteiger partial charge in [-0.05, 0) is 49.2 Å². The molecule has 1 aromatic heterocycles. The van der Waals surface area contributed by atoms with E-state index in [2.05, 4.69) is 5.32 Å². The number of carbonyl (C=O) groups excluding carboxylic acids is 1. The Morgan fingerprint density at radius 2 is 1.74 bits per heavy atom. The lowest BCUT2D eigenvalue weighted by Crippen LogP contribution is -2.38. The molecule has 162 valence electrons. The van der Waals surface area contributed by atoms with Gasteiger partial charge in [0.2, 0.25) is 11.2 Å². The Kier molecular flexibility index (Phi) is 6.40. The minimum absolute atomic E-state index is 0.0785. The van der Waals surface area contributed by atoms with Crippen molar-refractivity contribution in [2.24, 2.45) is 0 Å². The van der Waals surface area contributed by atoms with E-state index in [0.29, 0.717) is 28.2 Å². The summed E-state index contributed by atoms with van der Waals surface area (Å²) >= 11 is 0. The van der Waals surface area contributed by atoms with Crippen molar-refractivity contribution in [3.63, 3.8) is 0 Å². The smallest absolute Gasteiger partial charge is 0.258 e. The maximum absolute atomic E-state index is 12.7. The van der Waals surface area contributed by atoms with Crippen LogP contribution in [0.25, 0.3) is 11.0 Å². The van der Waals surface area contributed by atoms with Gasteiger partial charge in [-0.3, -0.25) is 9.59 Å². The summed E-state index contributed by atoms with van der Waals surface area (Å²) in [6.45, 7) is -0.0785. The molecule has 7 heteroatoms. The van der Waals surface area contributed by atoms with Crippen LogP contribution in [-0.2, 0) is 4.79 Å². The van der Waals surface area contributed by atoms with Crippen LogP contribution >= 0.6 is 0 Å². The zero-order valence-corrected chi connectivity index (χ0v) is 17.4. The monoisotopic (exact) mass is 423 g/mol. The van der Waals surface area contributed by atoms with Crippen molar-refractivity contribution >= 4 is 16.9 Å². The van der Waals surface area contributed by atoms with Crippen LogP contribution in [0.2, 0.25) is 0 Å². The minimum atomic E-state index is -0.293. The zero-order valence-electron chi connectivity index (χ0n) is 17.4. The molecule has 0 unspecified atom stereocenters. The van der Waals surface area contributed by atoms with Gasteiger partial charge in [-0.2, -0.15) is 0 Å². The number of carbonyl (C=O) groups is 1. The lowest BCUT2D eigenvalue weighted by atomic mass is 9.95. The van der Waals surface area contributed by atoms with Gasteiger partial charge in [0.15, 0.2) is 6.61 Å². The maximum atomic E-state index is 12.7. The maximum Gasteiger partial charge on any atom is 0.258 e. The number of rotatable bonds is 7. The van der Waals surface area contributed by atoms with Gasteiger partial charge in [0.25, 0.3) is 5.91 Å². The molecule has 2 aromatic carbocycles. The predicted octanol–water partition coefficient (Wildman–Crippen LogP) is 4.42. The quantitative estimate of drug-likeness (QED) is 0.605. The zero-order chi connectivity index (χ0) is 21.6. The van der Waals surface area contributed by atoms with Gasteiger partial charge in [-0.1, -0.05) is 19.3 Å². The number of ether oxygens (including phenoxy) is 3. The first-order valence-electron chi connectivity index (χ1n) is 10.4. The molecule has 31 heavy (non-hydrogen) atoms. The molecule has 0 spiro atoms. The Balaban J connectivity index is 1.41. The fraction of sp³-hybridized carbons (Fsp3) is 0.333. The van der Waals surface area contributed by atoms with E-state index in [1.54, 1.807) is 49.6 Å². The number of methoxy groups -OCH3 is 1. The standard InChI is InChI=1S/C24H25NO6/c1-28-17-7-9-18(10-8-17)31-22-14-30-21-13-19(11-12-20(21)24(22)27)29-15-23(26)25-16-5-3-2-4-6-16/h7-14,16H,2-6,15H2,1H3,(H,25,26). The van der Waals surface area contributed by atoms with Gasteiger partial charge in [0.1, 0.15) is 29.1 Å². The summed E-state index contributed by atoms with van der Waals surface area (Å²) in [5.41, 5.74) is 0.0657. The third-order valence-corrected chi connectivity index (χ3v) is 5.34. The average Bonchev–Trinajstić information content (AvgIpc) is 2.80. The summed E-state index contributed by atoms with van der Waals surface area (Å²) in [5, 5.41) is 3.38. The van der Waals surface area contributed by atoms with Gasteiger partial charge in [0.05, 0.1) is 12.5 Å². The molecule has 1 amide bonds. The highest BCUT2D eigenvalue weighted by Gasteiger charge is 2.16. The molecule has 4 rings (SSSR count). The largest absolute Gasteiger partial charge is 0.497 e. The summed E-state index contributed by atoms with van der Waals surface area (Å²) in [6.07, 6.45) is 6.85. The highest BCUT2D eigenvalue weighted by molar-refractivity contribution is 5.80. The number of hydrogen-bond acceptors (Lipinski definition) is 6. The third-order valence-electron chi connectivity index (χ3n) is 5.34. The Hall–Kier alpha value is -3.48. The van der Waals surface area contributed by atoms with Gasteiger partial charge < -0.3 is 23.9 Å². The summed E-state index contributed by atoms with van der Waals surface area (Å²) in [5.74, 6) is 1.59. The molecule has 7 nitrogen and oxygen atoms in total. The first-order chi connectivity index (χ1) is 15.1. The lowest BCUT2D eigenvalue weighted by Gasteiger charge is -2.22. The summed E-state index contributed by atoms with van der Waals surface area (Å²) in [6, 6.07) is 12.0. The van der Waals surface area contributed by atoms with Crippen LogP contribution in [0.3, 0.4) is 0 Å². The van der Waals surface area contributed by atoms with E-state index in [9.17, 15) is 9.59 Å². The second kappa shape index (κ2) is 9.55. The Morgan fingerprint density at radius 3 is 2.48 bits per heavy atom. The van der Waals surface area contributed by atoms with Crippen LogP contribution in [0.5, 0.6) is 23.0 Å². The molecule has 0 bridgehead atoms. The lowest BCUT2D eigenvalue weighted by molar-refractivity contribution is -0.124. The van der Waals surface area contributed by atoms with Crippen molar-refractivity contribution in [2.45, 2.75) is 38.1 Å². The molecular formula is C24H25NO6. The molecule has 1 N–H and O–H groups in total. The van der Waals surface area contributed by atoms with E-state index in [1.165, 1.54) is 12.7 Å². The SMILES string of the molecule is COc1ccc(Oc2coc3cc(OCC(=O)NC4CCCCC4)ccc3c2=O)cc1. The molecule has 1 fully saturated rings. The molecule has 1 aliphatic carbocycles. The van der Waals surface area contributed by atoms with Gasteiger partial charge in [-0.25, -0.2) is 0 Å². The molecule has 0 aliphatic heterocycles. The number of nitrogens with one attached hydrogen (secondary N) is 1. The Bertz CT molecular complexity index is 1100. The minimum Gasteiger partial charge on any atom is -0.497 e. The molecule has 1 heterocycles. The highest BCUT2D eigenvalue weighted by atomic mass is 16.5. The number of hydrogen-bond donors (Lipinski definition) is 1. The van der Waals surface area contributed by atoms with E-state index in [0.717, 1.165) is 25.7 Å². The molecule has 1 saturated carbocycles. The van der Waals surface area contributed by atoms with Crippen molar-refractivity contribution in [2.75, 3.05) is 13.7 Å². The highest BCUT2D eigenvalue weighted by Crippen LogP contribution is 2.25. The van der Waals surface area contributed by atoms with Crippen molar-refractivity contribution < 1.29 is 23.4 Å². The van der Waals surface area contributed by atoms with Gasteiger partial charge in [0, 0.05) is 12.1 Å². The summed E-state index contributed by atoms with van der Waals surface area (Å²) in [7, 11) is 1.58. The predicted molar refractivity (Wildman–Crippen MR) is 116 cm³/mol. The fourth-order valence-corrected chi connectivity index (χ4v) is 3.69. The molecule has 0 atom stereocenters. The van der Waals surface area contributed by atoms with Crippen LogP contribution in [0.1, 0.15) is 32.1 Å². The first-order valence-corrected chi connectivity index (χ1v) is 10.4. The number of amides is 1. The van der Waals surface area contributed by atoms with Crippen LogP contribution in [0.15, 0.2) is 57.9 Å². The number of fused-ring (bicyclic) bond motifs is 1. The van der Waals surface area contributed by atoms with E-state index in [-0.39, 0.29) is 29.7 Å². The van der Waals surface area contributed by atoms with Gasteiger partial charge in [-0.15, -0.1) is 0 Å². The fourth-order valence-electron chi connectivity index (χ4n) is 3.69. The molecule has 3 aromatic rings. The van der Waals surface area contributed by atoms with Crippen LogP contribution in [0.4, 0.5) is 0 Å². The first kappa shape index (κ1) is 20.8. The van der Waals surface area contributed by atoms with Crippen molar-refractivity contribution in [1.82, 2.24) is 5.32 Å². The molecule has 1 aliphatic rings. The van der Waals surface area contributed by atoms with Crippen molar-refractivity contribution in [3.05, 3.63) is 59.0 Å². The normalized spacial score (nSPS) is 14.2. The van der Waals surface area contributed by atoms with Crippen LogP contribution in [0, 0.1) is 0 Å². The van der Waals surface area contributed by atoms with E-state index >= 15 is 0 Å². The van der Waals surface area contributed by atoms with E-state index in [1.807, 2.05) is 0 Å². The van der Waals surface area contributed by atoms with Crippen LogP contribution in [-0.4, -0.2) is 25.7 Å². The second-order valence-corrected chi connectivity index (χ2v) is 7.56. The van der Waals surface area contributed by atoms with Crippen molar-refractivity contribution in [3.8, 4) is 23.0 Å². The van der Waals surface area contributed by atoms with E-state index in [4.69, 9.17) is 18.6 Å². The average molecular weight is 423 g/mol. The summed E-state index contributed by atoms with van der Waals surface area (Å²) < 4.78 is 21.9. The Morgan fingerprint density at radius 1 is 1.03 bits per heavy atom. The molecular weight excluding hydrogens is 398 g/mol. The van der Waals surface area contributed by atoms with Crippen molar-refractivity contribution in [1.29, 1.82) is 0 Å². The topological polar surface area (TPSA) is 87.0 Å². The second-order valence-electron chi connectivity index (χ2n) is 7.56.